The van der Waals surface area contributed by atoms with Crippen LogP contribution in [0.3, 0.4) is 0 Å². The molecule has 0 radical (unpaired) electrons. The van der Waals surface area contributed by atoms with Gasteiger partial charge in [-0.25, -0.2) is 0 Å². The van der Waals surface area contributed by atoms with Crippen molar-refractivity contribution in [2.75, 3.05) is 26.2 Å². The van der Waals surface area contributed by atoms with E-state index in [0.717, 1.165) is 63.3 Å². The van der Waals surface area contributed by atoms with Crippen molar-refractivity contribution in [2.45, 2.75) is 126 Å². The van der Waals surface area contributed by atoms with Crippen molar-refractivity contribution in [2.24, 2.45) is 5.92 Å². The van der Waals surface area contributed by atoms with Crippen LogP contribution in [0.4, 0.5) is 0 Å². The largest absolute Gasteiger partial charge is 0.504 e. The molecule has 7 rings (SSSR count). The summed E-state index contributed by atoms with van der Waals surface area (Å²) in [5.41, 5.74) is 2.71. The molecule has 2 N–H and O–H groups in total. The van der Waals surface area contributed by atoms with Gasteiger partial charge in [-0.15, -0.1) is 0 Å². The summed E-state index contributed by atoms with van der Waals surface area (Å²) in [4.78, 5) is 5.39. The Hall–Kier alpha value is -2.08. The van der Waals surface area contributed by atoms with E-state index in [4.69, 9.17) is 4.74 Å². The Morgan fingerprint density at radius 3 is 2.50 bits per heavy atom. The van der Waals surface area contributed by atoms with Gasteiger partial charge in [-0.05, 0) is 107 Å². The summed E-state index contributed by atoms with van der Waals surface area (Å²) in [6, 6.07) is 15.3. The first-order chi connectivity index (χ1) is 20.5. The second kappa shape index (κ2) is 11.8. The maximum absolute atomic E-state index is 12.9. The molecule has 2 saturated carbocycles. The second-order valence-corrected chi connectivity index (χ2v) is 14.3. The van der Waals surface area contributed by atoms with Gasteiger partial charge in [-0.1, -0.05) is 69.0 Å². The molecule has 2 heterocycles. The zero-order valence-electron chi connectivity index (χ0n) is 25.8. The first-order valence-electron chi connectivity index (χ1n) is 17.3. The molecule has 2 aromatic carbocycles. The number of nitrogens with zero attached hydrogens (tertiary/aromatic N) is 2. The Morgan fingerprint density at radius 2 is 1.71 bits per heavy atom. The van der Waals surface area contributed by atoms with Crippen molar-refractivity contribution in [1.29, 1.82) is 0 Å². The van der Waals surface area contributed by atoms with Crippen LogP contribution in [0.2, 0.25) is 0 Å². The third kappa shape index (κ3) is 4.88. The SMILES string of the molecule is CCCCCN(CCCCCCc1ccccc1)[C@@H]1CC[C@@]2(O)[C@H]3Cc4ccc(O)c5c4[C@@]2(CCN3CC2CC2)[C@H]1O5. The van der Waals surface area contributed by atoms with Gasteiger partial charge in [-0.2, -0.15) is 0 Å². The lowest BCUT2D eigenvalue weighted by molar-refractivity contribution is -0.200. The summed E-state index contributed by atoms with van der Waals surface area (Å²) in [7, 11) is 0. The van der Waals surface area contributed by atoms with E-state index < -0.39 is 11.0 Å². The minimum atomic E-state index is -0.792. The van der Waals surface area contributed by atoms with Gasteiger partial charge < -0.3 is 14.9 Å². The Bertz CT molecular complexity index is 1230. The van der Waals surface area contributed by atoms with Crippen molar-refractivity contribution in [1.82, 2.24) is 9.80 Å². The highest BCUT2D eigenvalue weighted by Gasteiger charge is 2.73. The molecule has 1 spiro atoms. The summed E-state index contributed by atoms with van der Waals surface area (Å²) >= 11 is 0. The van der Waals surface area contributed by atoms with Gasteiger partial charge in [0.2, 0.25) is 0 Å². The standard InChI is InChI=1S/C37H52N2O3/c1-2-3-10-22-38(23-11-5-4-7-12-27-13-8-6-9-14-27)30-19-20-37(41)32-25-29-17-18-31(40)34-33(29)36(37,35(30)42-34)21-24-39(32)26-28-15-16-28/h6,8-9,13-14,17-18,28,30,32,35,40-41H,2-5,7,10-12,15-16,19-26H2,1H3/t30-,32-,35+,36+,37-/m1/s1. The molecule has 3 fully saturated rings. The normalized spacial score (nSPS) is 31.3. The number of aryl methyl sites for hydroxylation is 1. The predicted molar refractivity (Wildman–Crippen MR) is 168 cm³/mol. The number of aromatic hydroxyl groups is 1. The molecule has 5 nitrogen and oxygen atoms in total. The molecule has 5 atom stereocenters. The molecule has 5 heteroatoms. The molecule has 0 amide bonds. The van der Waals surface area contributed by atoms with Crippen LogP contribution in [0.25, 0.3) is 0 Å². The van der Waals surface area contributed by atoms with Crippen molar-refractivity contribution in [3.8, 4) is 11.5 Å². The summed E-state index contributed by atoms with van der Waals surface area (Å²) < 4.78 is 6.93. The lowest BCUT2D eigenvalue weighted by atomic mass is 9.48. The van der Waals surface area contributed by atoms with E-state index in [0.29, 0.717) is 5.75 Å². The zero-order valence-corrected chi connectivity index (χ0v) is 25.8. The second-order valence-electron chi connectivity index (χ2n) is 14.3. The number of benzene rings is 2. The third-order valence-corrected chi connectivity index (χ3v) is 11.8. The fraction of sp³-hybridized carbons (Fsp3) is 0.676. The lowest BCUT2D eigenvalue weighted by Gasteiger charge is -2.65. The van der Waals surface area contributed by atoms with E-state index in [1.54, 1.807) is 0 Å². The smallest absolute Gasteiger partial charge is 0.165 e. The molecule has 0 aromatic heterocycles. The van der Waals surface area contributed by atoms with E-state index in [-0.39, 0.29) is 23.9 Å². The van der Waals surface area contributed by atoms with Gasteiger partial charge >= 0.3 is 0 Å². The van der Waals surface area contributed by atoms with E-state index in [9.17, 15) is 10.2 Å². The molecule has 2 aliphatic heterocycles. The first-order valence-corrected chi connectivity index (χ1v) is 17.3. The molecular weight excluding hydrogens is 520 g/mol. The van der Waals surface area contributed by atoms with Crippen LogP contribution >= 0.6 is 0 Å². The molecule has 2 aromatic rings. The number of rotatable bonds is 14. The number of phenolic OH excluding ortho intramolecular Hbond substituents is 1. The van der Waals surface area contributed by atoms with Crippen molar-refractivity contribution in [3.63, 3.8) is 0 Å². The molecule has 5 aliphatic rings. The monoisotopic (exact) mass is 572 g/mol. The molecular formula is C37H52N2O3. The predicted octanol–water partition coefficient (Wildman–Crippen LogP) is 6.62. The molecule has 0 unspecified atom stereocenters. The van der Waals surface area contributed by atoms with Crippen LogP contribution in [-0.4, -0.2) is 70.0 Å². The van der Waals surface area contributed by atoms with Crippen LogP contribution in [0, 0.1) is 5.92 Å². The highest BCUT2D eigenvalue weighted by molar-refractivity contribution is 5.62. The van der Waals surface area contributed by atoms with E-state index >= 15 is 0 Å². The molecule has 3 aliphatic carbocycles. The van der Waals surface area contributed by atoms with Crippen LogP contribution in [0.5, 0.6) is 11.5 Å². The van der Waals surface area contributed by atoms with Crippen molar-refractivity contribution in [3.05, 3.63) is 59.2 Å². The van der Waals surface area contributed by atoms with Gasteiger partial charge in [0.25, 0.3) is 0 Å². The fourth-order valence-corrected chi connectivity index (χ4v) is 9.48. The first kappa shape index (κ1) is 28.7. The molecule has 1 saturated heterocycles. The van der Waals surface area contributed by atoms with E-state index in [2.05, 4.69) is 53.1 Å². The highest BCUT2D eigenvalue weighted by atomic mass is 16.5. The Kier molecular flexibility index (Phi) is 8.04. The molecule has 228 valence electrons. The highest BCUT2D eigenvalue weighted by Crippen LogP contribution is 2.66. The number of piperidine rings is 1. The fourth-order valence-electron chi connectivity index (χ4n) is 9.48. The van der Waals surface area contributed by atoms with Crippen LogP contribution < -0.4 is 4.74 Å². The molecule has 42 heavy (non-hydrogen) atoms. The number of hydrogen-bond acceptors (Lipinski definition) is 5. The number of unbranched alkanes of at least 4 members (excludes halogenated alkanes) is 5. The van der Waals surface area contributed by atoms with Gasteiger partial charge in [-0.3, -0.25) is 9.80 Å². The summed E-state index contributed by atoms with van der Waals surface area (Å²) in [5, 5.41) is 23.9. The average Bonchev–Trinajstić information content (AvgIpc) is 3.74. The number of aliphatic hydroxyl groups is 1. The lowest BCUT2D eigenvalue weighted by Crippen LogP contribution is -2.78. The van der Waals surface area contributed by atoms with Gasteiger partial charge in [0.15, 0.2) is 11.5 Å². The summed E-state index contributed by atoms with van der Waals surface area (Å²) in [5.74, 6) is 1.76. The number of hydrogen-bond donors (Lipinski definition) is 2. The maximum atomic E-state index is 12.9. The van der Waals surface area contributed by atoms with Crippen molar-refractivity contribution < 1.29 is 14.9 Å². The van der Waals surface area contributed by atoms with E-state index in [1.165, 1.54) is 75.3 Å². The van der Waals surface area contributed by atoms with Crippen LogP contribution in [0.15, 0.2) is 42.5 Å². The summed E-state index contributed by atoms with van der Waals surface area (Å²) in [6.07, 6.45) is 16.1. The van der Waals surface area contributed by atoms with Crippen LogP contribution in [-0.2, 0) is 18.3 Å². The van der Waals surface area contributed by atoms with Gasteiger partial charge in [0.05, 0.1) is 11.0 Å². The maximum Gasteiger partial charge on any atom is 0.165 e. The minimum absolute atomic E-state index is 0.0936. The average molecular weight is 573 g/mol. The number of phenols is 1. The molecule has 2 bridgehead atoms. The van der Waals surface area contributed by atoms with Gasteiger partial charge in [0.1, 0.15) is 6.10 Å². The number of ether oxygens (including phenoxy) is 1. The zero-order chi connectivity index (χ0) is 28.7. The van der Waals surface area contributed by atoms with Crippen LogP contribution in [0.1, 0.15) is 101 Å². The van der Waals surface area contributed by atoms with Gasteiger partial charge in [0, 0.05) is 24.2 Å². The summed E-state index contributed by atoms with van der Waals surface area (Å²) in [6.45, 7) is 6.65. The Morgan fingerprint density at radius 1 is 0.929 bits per heavy atom. The Labute approximate surface area is 253 Å². The topological polar surface area (TPSA) is 56.2 Å². The number of likely N-dealkylation sites (tertiary alicyclic amines) is 1. The minimum Gasteiger partial charge on any atom is -0.504 e. The van der Waals surface area contributed by atoms with E-state index in [1.807, 2.05) is 6.07 Å². The third-order valence-electron chi connectivity index (χ3n) is 11.8. The quantitative estimate of drug-likeness (QED) is 0.249. The van der Waals surface area contributed by atoms with Crippen molar-refractivity contribution >= 4 is 0 Å². The Balaban J connectivity index is 1.11.